The molecule has 2 aromatic carbocycles. The van der Waals surface area contributed by atoms with Crippen LogP contribution in [-0.4, -0.2) is 17.0 Å². The number of hydrogen-bond acceptors (Lipinski definition) is 5. The molecule has 2 aromatic rings. The average molecular weight is 285 g/mol. The summed E-state index contributed by atoms with van der Waals surface area (Å²) >= 11 is 0. The first kappa shape index (κ1) is 14.4. The van der Waals surface area contributed by atoms with Gasteiger partial charge in [0.1, 0.15) is 12.0 Å². The Hall–Kier alpha value is -3.02. The van der Waals surface area contributed by atoms with E-state index in [1.807, 2.05) is 0 Å². The summed E-state index contributed by atoms with van der Waals surface area (Å²) in [5.41, 5.74) is 0.421. The molecule has 0 aliphatic rings. The first-order valence-electron chi connectivity index (χ1n) is 6.03. The van der Waals surface area contributed by atoms with Crippen molar-refractivity contribution in [3.8, 4) is 11.5 Å². The van der Waals surface area contributed by atoms with Gasteiger partial charge in [0.15, 0.2) is 5.78 Å². The average Bonchev–Trinajstić information content (AvgIpc) is 2.48. The number of rotatable bonds is 5. The van der Waals surface area contributed by atoms with Gasteiger partial charge < -0.3 is 4.74 Å². The second-order valence-electron chi connectivity index (χ2n) is 4.28. The van der Waals surface area contributed by atoms with Crippen molar-refractivity contribution < 1.29 is 19.2 Å². The van der Waals surface area contributed by atoms with Crippen molar-refractivity contribution in [2.75, 3.05) is 0 Å². The molecule has 0 bridgehead atoms. The van der Waals surface area contributed by atoms with Crippen molar-refractivity contribution in [1.82, 2.24) is 0 Å². The highest BCUT2D eigenvalue weighted by atomic mass is 16.6. The minimum absolute atomic E-state index is 0.0289. The second kappa shape index (κ2) is 5.96. The number of carbonyl (C=O) groups is 2. The number of nitro groups is 1. The molecule has 106 valence electrons. The van der Waals surface area contributed by atoms with Crippen LogP contribution in [0.4, 0.5) is 5.69 Å². The summed E-state index contributed by atoms with van der Waals surface area (Å²) in [6, 6.07) is 10.2. The molecule has 0 saturated heterocycles. The van der Waals surface area contributed by atoms with Gasteiger partial charge in [-0.2, -0.15) is 0 Å². The fourth-order valence-corrected chi connectivity index (χ4v) is 1.72. The summed E-state index contributed by atoms with van der Waals surface area (Å²) in [6.07, 6.45) is 0.526. The van der Waals surface area contributed by atoms with E-state index in [1.165, 1.54) is 19.1 Å². The van der Waals surface area contributed by atoms with Gasteiger partial charge in [-0.25, -0.2) is 0 Å². The predicted molar refractivity (Wildman–Crippen MR) is 75.0 cm³/mol. The van der Waals surface area contributed by atoms with Crippen molar-refractivity contribution in [3.63, 3.8) is 0 Å². The van der Waals surface area contributed by atoms with E-state index < -0.39 is 4.92 Å². The zero-order chi connectivity index (χ0) is 15.4. The zero-order valence-electron chi connectivity index (χ0n) is 11.1. The molecule has 0 N–H and O–H groups in total. The number of carbonyl (C=O) groups excluding carboxylic acids is 2. The maximum atomic E-state index is 11.2. The minimum atomic E-state index is -0.619. The Bertz CT molecular complexity index is 707. The largest absolute Gasteiger partial charge is 0.450 e. The summed E-state index contributed by atoms with van der Waals surface area (Å²) < 4.78 is 5.44. The Labute approximate surface area is 120 Å². The Morgan fingerprint density at radius 3 is 2.38 bits per heavy atom. The summed E-state index contributed by atoms with van der Waals surface area (Å²) in [7, 11) is 0. The quantitative estimate of drug-likeness (QED) is 0.363. The van der Waals surface area contributed by atoms with E-state index >= 15 is 0 Å². The molecule has 0 heterocycles. The predicted octanol–water partition coefficient (Wildman–Crippen LogP) is 3.40. The van der Waals surface area contributed by atoms with Gasteiger partial charge in [0, 0.05) is 17.2 Å². The van der Waals surface area contributed by atoms with Gasteiger partial charge in [-0.1, -0.05) is 0 Å². The van der Waals surface area contributed by atoms with Crippen molar-refractivity contribution in [1.29, 1.82) is 0 Å². The number of aldehydes is 1. The molecule has 6 heteroatoms. The molecule has 21 heavy (non-hydrogen) atoms. The first-order chi connectivity index (χ1) is 10.0. The second-order valence-corrected chi connectivity index (χ2v) is 4.28. The van der Waals surface area contributed by atoms with Crippen LogP contribution in [0, 0.1) is 10.1 Å². The highest BCUT2D eigenvalue weighted by Crippen LogP contribution is 2.31. The molecule has 0 aliphatic heterocycles. The van der Waals surface area contributed by atoms with Crippen molar-refractivity contribution in [2.24, 2.45) is 0 Å². The van der Waals surface area contributed by atoms with E-state index in [2.05, 4.69) is 0 Å². The topological polar surface area (TPSA) is 86.5 Å². The molecule has 0 aliphatic carbocycles. The third-order valence-corrected chi connectivity index (χ3v) is 2.80. The van der Waals surface area contributed by atoms with Gasteiger partial charge in [-0.15, -0.1) is 0 Å². The van der Waals surface area contributed by atoms with E-state index in [4.69, 9.17) is 4.74 Å². The third kappa shape index (κ3) is 3.30. The molecule has 0 aromatic heterocycles. The number of ether oxygens (including phenoxy) is 1. The van der Waals surface area contributed by atoms with Crippen molar-refractivity contribution in [2.45, 2.75) is 6.92 Å². The summed E-state index contributed by atoms with van der Waals surface area (Å²) in [6.45, 7) is 1.44. The standard InChI is InChI=1S/C15H11NO5/c1-10(18)12-3-5-13(6-4-12)21-15-7-2-11(9-17)8-14(15)16(19)20/h2-9H,1H3. The highest BCUT2D eigenvalue weighted by Gasteiger charge is 2.16. The van der Waals surface area contributed by atoms with E-state index in [1.54, 1.807) is 24.3 Å². The van der Waals surface area contributed by atoms with Gasteiger partial charge in [0.05, 0.1) is 4.92 Å². The normalized spacial score (nSPS) is 9.95. The lowest BCUT2D eigenvalue weighted by atomic mass is 10.1. The van der Waals surface area contributed by atoms with E-state index in [-0.39, 0.29) is 22.8 Å². The molecule has 2 rings (SSSR count). The van der Waals surface area contributed by atoms with Crippen LogP contribution in [0.25, 0.3) is 0 Å². The molecule has 0 atom stereocenters. The smallest absolute Gasteiger partial charge is 0.312 e. The third-order valence-electron chi connectivity index (χ3n) is 2.80. The van der Waals surface area contributed by atoms with Gasteiger partial charge in [0.2, 0.25) is 5.75 Å². The lowest BCUT2D eigenvalue weighted by Crippen LogP contribution is -1.96. The van der Waals surface area contributed by atoms with Crippen molar-refractivity contribution in [3.05, 3.63) is 63.7 Å². The van der Waals surface area contributed by atoms with E-state index in [0.29, 0.717) is 17.6 Å². The zero-order valence-corrected chi connectivity index (χ0v) is 11.1. The SMILES string of the molecule is CC(=O)c1ccc(Oc2ccc(C=O)cc2[N+](=O)[O-])cc1. The van der Waals surface area contributed by atoms with Crippen LogP contribution < -0.4 is 4.74 Å². The maximum Gasteiger partial charge on any atom is 0.312 e. The molecule has 0 fully saturated rings. The van der Waals surface area contributed by atoms with Gasteiger partial charge >= 0.3 is 5.69 Å². The van der Waals surface area contributed by atoms with Crippen LogP contribution >= 0.6 is 0 Å². The van der Waals surface area contributed by atoms with Crippen LogP contribution in [0.1, 0.15) is 27.6 Å². The Morgan fingerprint density at radius 2 is 1.86 bits per heavy atom. The minimum Gasteiger partial charge on any atom is -0.450 e. The fourth-order valence-electron chi connectivity index (χ4n) is 1.72. The van der Waals surface area contributed by atoms with Crippen LogP contribution in [-0.2, 0) is 0 Å². The fraction of sp³-hybridized carbons (Fsp3) is 0.0667. The monoisotopic (exact) mass is 285 g/mol. The van der Waals surface area contributed by atoms with E-state index in [9.17, 15) is 19.7 Å². The first-order valence-corrected chi connectivity index (χ1v) is 6.03. The summed E-state index contributed by atoms with van der Waals surface area (Å²) in [5, 5.41) is 11.0. The van der Waals surface area contributed by atoms with Crippen LogP contribution in [0.3, 0.4) is 0 Å². The van der Waals surface area contributed by atoms with Crippen molar-refractivity contribution >= 4 is 17.8 Å². The molecular formula is C15H11NO5. The molecule has 0 spiro atoms. The number of nitrogens with zero attached hydrogens (tertiary/aromatic N) is 1. The Morgan fingerprint density at radius 1 is 1.19 bits per heavy atom. The molecule has 0 saturated carbocycles. The van der Waals surface area contributed by atoms with Crippen LogP contribution in [0.2, 0.25) is 0 Å². The number of Topliss-reactive ketones (excluding diaryl/α,β-unsaturated/α-hetero) is 1. The molecule has 0 unspecified atom stereocenters. The van der Waals surface area contributed by atoms with Gasteiger partial charge in [-0.05, 0) is 43.3 Å². The number of benzene rings is 2. The van der Waals surface area contributed by atoms with E-state index in [0.717, 1.165) is 6.07 Å². The van der Waals surface area contributed by atoms with Crippen LogP contribution in [0.15, 0.2) is 42.5 Å². The molecule has 0 amide bonds. The molecule has 0 radical (unpaired) electrons. The van der Waals surface area contributed by atoms with Gasteiger partial charge in [-0.3, -0.25) is 19.7 Å². The number of hydrogen-bond donors (Lipinski definition) is 0. The Kier molecular flexibility index (Phi) is 4.08. The molecular weight excluding hydrogens is 274 g/mol. The summed E-state index contributed by atoms with van der Waals surface area (Å²) in [5.74, 6) is 0.311. The summed E-state index contributed by atoms with van der Waals surface area (Å²) in [4.78, 5) is 32.2. The lowest BCUT2D eigenvalue weighted by molar-refractivity contribution is -0.385. The highest BCUT2D eigenvalue weighted by molar-refractivity contribution is 5.94. The molecule has 6 nitrogen and oxygen atoms in total. The van der Waals surface area contributed by atoms with Gasteiger partial charge in [0.25, 0.3) is 0 Å². The number of ketones is 1. The maximum absolute atomic E-state index is 11.2. The lowest BCUT2D eigenvalue weighted by Gasteiger charge is -2.07. The van der Waals surface area contributed by atoms with Crippen LogP contribution in [0.5, 0.6) is 11.5 Å². The number of nitro benzene ring substituents is 1. The Balaban J connectivity index is 2.32.